The van der Waals surface area contributed by atoms with E-state index in [1.165, 1.54) is 25.9 Å². The number of ether oxygens (including phenoxy) is 1. The van der Waals surface area contributed by atoms with Gasteiger partial charge in [-0.2, -0.15) is 0 Å². The molecule has 0 amide bonds. The summed E-state index contributed by atoms with van der Waals surface area (Å²) in [6.45, 7) is 4.51. The minimum Gasteiger partial charge on any atom is -0.381 e. The molecule has 1 N–H and O–H groups in total. The van der Waals surface area contributed by atoms with E-state index in [0.717, 1.165) is 25.0 Å². The highest BCUT2D eigenvalue weighted by Crippen LogP contribution is 2.27. The largest absolute Gasteiger partial charge is 0.381 e. The van der Waals surface area contributed by atoms with Crippen LogP contribution >= 0.6 is 12.4 Å². The Kier molecular flexibility index (Phi) is 3.63. The second kappa shape index (κ2) is 4.29. The first-order valence-electron chi connectivity index (χ1n) is 4.25. The van der Waals surface area contributed by atoms with E-state index < -0.39 is 0 Å². The van der Waals surface area contributed by atoms with E-state index in [9.17, 15) is 0 Å². The molecule has 2 rings (SSSR count). The molecule has 11 heavy (non-hydrogen) atoms. The molecule has 66 valence electrons. The number of halogens is 1. The quantitative estimate of drug-likeness (QED) is 0.647. The van der Waals surface area contributed by atoms with Gasteiger partial charge in [0.1, 0.15) is 0 Å². The van der Waals surface area contributed by atoms with Gasteiger partial charge in [-0.1, -0.05) is 0 Å². The lowest BCUT2D eigenvalue weighted by Crippen LogP contribution is -2.40. The summed E-state index contributed by atoms with van der Waals surface area (Å²) in [5, 5.41) is 3.38. The van der Waals surface area contributed by atoms with Gasteiger partial charge in [-0.25, -0.2) is 0 Å². The molecule has 2 fully saturated rings. The van der Waals surface area contributed by atoms with Crippen molar-refractivity contribution < 1.29 is 4.74 Å². The van der Waals surface area contributed by atoms with Crippen molar-refractivity contribution in [3.8, 4) is 0 Å². The van der Waals surface area contributed by atoms with E-state index in [2.05, 4.69) is 5.32 Å². The minimum absolute atomic E-state index is 0. The van der Waals surface area contributed by atoms with Crippen molar-refractivity contribution in [2.75, 3.05) is 26.3 Å². The highest BCUT2D eigenvalue weighted by Gasteiger charge is 2.28. The molecule has 0 aliphatic carbocycles. The molecular weight excluding hydrogens is 162 g/mol. The van der Waals surface area contributed by atoms with Crippen LogP contribution in [0, 0.1) is 11.8 Å². The van der Waals surface area contributed by atoms with Crippen molar-refractivity contribution in [1.29, 1.82) is 0 Å². The van der Waals surface area contributed by atoms with E-state index in [-0.39, 0.29) is 12.4 Å². The summed E-state index contributed by atoms with van der Waals surface area (Å²) < 4.78 is 5.17. The Hall–Kier alpha value is 0.210. The van der Waals surface area contributed by atoms with Crippen LogP contribution in [0.2, 0.25) is 0 Å². The Labute approximate surface area is 74.1 Å². The highest BCUT2D eigenvalue weighted by atomic mass is 35.5. The zero-order valence-corrected chi connectivity index (χ0v) is 7.53. The zero-order valence-electron chi connectivity index (χ0n) is 6.71. The maximum absolute atomic E-state index is 5.17. The van der Waals surface area contributed by atoms with Crippen LogP contribution in [-0.4, -0.2) is 26.3 Å². The SMILES string of the molecule is C1CC(C2COC2)CCN1.Cl. The number of hydrogen-bond donors (Lipinski definition) is 1. The number of rotatable bonds is 1. The average Bonchev–Trinajstić information content (AvgIpc) is 1.86. The monoisotopic (exact) mass is 177 g/mol. The first-order chi connectivity index (χ1) is 4.97. The van der Waals surface area contributed by atoms with Crippen LogP contribution in [0.25, 0.3) is 0 Å². The Balaban J connectivity index is 0.000000605. The van der Waals surface area contributed by atoms with Crippen LogP contribution < -0.4 is 5.32 Å². The summed E-state index contributed by atoms with van der Waals surface area (Å²) in [5.41, 5.74) is 0. The van der Waals surface area contributed by atoms with E-state index in [0.29, 0.717) is 0 Å². The summed E-state index contributed by atoms with van der Waals surface area (Å²) in [6.07, 6.45) is 2.74. The maximum atomic E-state index is 5.17. The van der Waals surface area contributed by atoms with E-state index in [4.69, 9.17) is 4.74 Å². The molecule has 3 heteroatoms. The fourth-order valence-corrected chi connectivity index (χ4v) is 1.84. The molecular formula is C8H16ClNO. The van der Waals surface area contributed by atoms with Crippen molar-refractivity contribution in [3.05, 3.63) is 0 Å². The van der Waals surface area contributed by atoms with E-state index in [1.54, 1.807) is 0 Å². The topological polar surface area (TPSA) is 21.3 Å². The van der Waals surface area contributed by atoms with Crippen molar-refractivity contribution >= 4 is 12.4 Å². The molecule has 0 aromatic rings. The lowest BCUT2D eigenvalue weighted by atomic mass is 9.84. The lowest BCUT2D eigenvalue weighted by Gasteiger charge is -2.36. The molecule has 0 aromatic heterocycles. The fourth-order valence-electron chi connectivity index (χ4n) is 1.84. The Morgan fingerprint density at radius 2 is 1.64 bits per heavy atom. The van der Waals surface area contributed by atoms with Crippen LogP contribution in [0.5, 0.6) is 0 Å². The van der Waals surface area contributed by atoms with Gasteiger partial charge >= 0.3 is 0 Å². The van der Waals surface area contributed by atoms with Gasteiger partial charge in [-0.15, -0.1) is 12.4 Å². The number of nitrogens with one attached hydrogen (secondary N) is 1. The van der Waals surface area contributed by atoms with Gasteiger partial charge in [-0.05, 0) is 31.8 Å². The summed E-state index contributed by atoms with van der Waals surface area (Å²) in [7, 11) is 0. The van der Waals surface area contributed by atoms with Crippen LogP contribution in [0.15, 0.2) is 0 Å². The van der Waals surface area contributed by atoms with Gasteiger partial charge in [-0.3, -0.25) is 0 Å². The van der Waals surface area contributed by atoms with Gasteiger partial charge in [0.15, 0.2) is 0 Å². The van der Waals surface area contributed by atoms with Crippen LogP contribution in [0.4, 0.5) is 0 Å². The van der Waals surface area contributed by atoms with Gasteiger partial charge in [0.2, 0.25) is 0 Å². The normalized spacial score (nSPS) is 27.3. The third-order valence-electron chi connectivity index (χ3n) is 2.71. The second-order valence-corrected chi connectivity index (χ2v) is 3.38. The van der Waals surface area contributed by atoms with Crippen molar-refractivity contribution in [2.45, 2.75) is 12.8 Å². The molecule has 2 saturated heterocycles. The summed E-state index contributed by atoms with van der Waals surface area (Å²) in [4.78, 5) is 0. The van der Waals surface area contributed by atoms with Gasteiger partial charge in [0, 0.05) is 5.92 Å². The third kappa shape index (κ3) is 2.08. The Bertz CT molecular complexity index is 111. The molecule has 0 spiro atoms. The molecule has 0 bridgehead atoms. The summed E-state index contributed by atoms with van der Waals surface area (Å²) in [6, 6.07) is 0. The third-order valence-corrected chi connectivity index (χ3v) is 2.71. The van der Waals surface area contributed by atoms with E-state index >= 15 is 0 Å². The Morgan fingerprint density at radius 1 is 1.00 bits per heavy atom. The second-order valence-electron chi connectivity index (χ2n) is 3.38. The van der Waals surface area contributed by atoms with Crippen molar-refractivity contribution in [2.24, 2.45) is 11.8 Å². The van der Waals surface area contributed by atoms with Crippen molar-refractivity contribution in [3.63, 3.8) is 0 Å². The molecule has 0 atom stereocenters. The summed E-state index contributed by atoms with van der Waals surface area (Å²) in [5.74, 6) is 1.87. The Morgan fingerprint density at radius 3 is 2.09 bits per heavy atom. The minimum atomic E-state index is 0. The summed E-state index contributed by atoms with van der Waals surface area (Å²) >= 11 is 0. The predicted octanol–water partition coefficient (Wildman–Crippen LogP) is 1.05. The first kappa shape index (κ1) is 9.30. The molecule has 0 saturated carbocycles. The molecule has 2 aliphatic heterocycles. The number of piperidine rings is 1. The van der Waals surface area contributed by atoms with E-state index in [1.807, 2.05) is 0 Å². The van der Waals surface area contributed by atoms with Gasteiger partial charge < -0.3 is 10.1 Å². The molecule has 0 unspecified atom stereocenters. The molecule has 0 aromatic carbocycles. The van der Waals surface area contributed by atoms with Gasteiger partial charge in [0.05, 0.1) is 13.2 Å². The smallest absolute Gasteiger partial charge is 0.0519 e. The number of hydrogen-bond acceptors (Lipinski definition) is 2. The molecule has 0 radical (unpaired) electrons. The average molecular weight is 178 g/mol. The highest BCUT2D eigenvalue weighted by molar-refractivity contribution is 5.85. The zero-order chi connectivity index (χ0) is 6.81. The van der Waals surface area contributed by atoms with Crippen LogP contribution in [0.1, 0.15) is 12.8 Å². The van der Waals surface area contributed by atoms with Crippen LogP contribution in [0.3, 0.4) is 0 Å². The van der Waals surface area contributed by atoms with Crippen LogP contribution in [-0.2, 0) is 4.74 Å². The fraction of sp³-hybridized carbons (Fsp3) is 1.00. The first-order valence-corrected chi connectivity index (χ1v) is 4.25. The molecule has 2 nitrogen and oxygen atoms in total. The van der Waals surface area contributed by atoms with Gasteiger partial charge in [0.25, 0.3) is 0 Å². The maximum Gasteiger partial charge on any atom is 0.0519 e. The molecule has 2 aliphatic rings. The standard InChI is InChI=1S/C8H15NO.ClH/c1-3-9-4-2-7(1)8-5-10-6-8;/h7-9H,1-6H2;1H. The molecule has 2 heterocycles. The predicted molar refractivity (Wildman–Crippen MR) is 47.2 cm³/mol. The lowest BCUT2D eigenvalue weighted by molar-refractivity contribution is -0.0661. The van der Waals surface area contributed by atoms with Crippen molar-refractivity contribution in [1.82, 2.24) is 5.32 Å².